The molecule has 1 atom stereocenters. The zero-order valence-electron chi connectivity index (χ0n) is 17.7. The zero-order chi connectivity index (χ0) is 22.1. The number of benzene rings is 1. The van der Waals surface area contributed by atoms with Crippen LogP contribution in [0.5, 0.6) is 5.75 Å². The van der Waals surface area contributed by atoms with Crippen LogP contribution >= 0.6 is 0 Å². The van der Waals surface area contributed by atoms with Gasteiger partial charge in [0, 0.05) is 49.1 Å². The summed E-state index contributed by atoms with van der Waals surface area (Å²) in [7, 11) is 1.70. The van der Waals surface area contributed by atoms with Crippen molar-refractivity contribution < 1.29 is 9.13 Å². The van der Waals surface area contributed by atoms with Gasteiger partial charge in [0.15, 0.2) is 11.6 Å². The van der Waals surface area contributed by atoms with Crippen LogP contribution in [-0.2, 0) is 13.0 Å². The SMILES string of the molecule is CCn1ccc2c1-c1cnc(N)c(c1)O[C@H](C)c1cc(F)ccc1C(=N)/C(=N\NC)C2. The Labute approximate surface area is 180 Å². The highest BCUT2D eigenvalue weighted by atomic mass is 19.1. The molecule has 1 aliphatic rings. The second kappa shape index (κ2) is 8.22. The summed E-state index contributed by atoms with van der Waals surface area (Å²) in [4.78, 5) is 4.34. The molecule has 0 radical (unpaired) electrons. The number of hydrogen-bond acceptors (Lipinski definition) is 6. The molecule has 3 aromatic rings. The number of halogens is 1. The number of fused-ring (bicyclic) bond motifs is 5. The molecule has 0 unspecified atom stereocenters. The Balaban J connectivity index is 1.99. The lowest BCUT2D eigenvalue weighted by atomic mass is 9.93. The molecule has 4 N–H and O–H groups in total. The lowest BCUT2D eigenvalue weighted by Gasteiger charge is -2.22. The predicted octanol–water partition coefficient (Wildman–Crippen LogP) is 3.93. The minimum Gasteiger partial charge on any atom is -0.482 e. The summed E-state index contributed by atoms with van der Waals surface area (Å²) in [6.07, 6.45) is 3.59. The van der Waals surface area contributed by atoms with Gasteiger partial charge in [0.05, 0.1) is 17.1 Å². The smallest absolute Gasteiger partial charge is 0.166 e. The third kappa shape index (κ3) is 3.76. The van der Waals surface area contributed by atoms with E-state index in [9.17, 15) is 4.39 Å². The Kier molecular flexibility index (Phi) is 5.46. The van der Waals surface area contributed by atoms with Crippen molar-refractivity contribution in [3.8, 4) is 17.0 Å². The van der Waals surface area contributed by atoms with Crippen LogP contribution in [0.15, 0.2) is 47.8 Å². The van der Waals surface area contributed by atoms with E-state index in [0.29, 0.717) is 29.0 Å². The maximum Gasteiger partial charge on any atom is 0.166 e. The fraction of sp³-hybridized carbons (Fsp3) is 0.261. The summed E-state index contributed by atoms with van der Waals surface area (Å²) in [5, 5.41) is 13.3. The summed E-state index contributed by atoms with van der Waals surface area (Å²) in [6.45, 7) is 4.64. The third-order valence-electron chi connectivity index (χ3n) is 5.46. The van der Waals surface area contributed by atoms with Crippen molar-refractivity contribution in [2.45, 2.75) is 32.9 Å². The Morgan fingerprint density at radius 3 is 2.90 bits per heavy atom. The molecule has 7 nitrogen and oxygen atoms in total. The minimum absolute atomic E-state index is 0.213. The molecular formula is C23H25FN6O. The topological polar surface area (TPSA) is 101 Å². The van der Waals surface area contributed by atoms with Crippen LogP contribution in [0.25, 0.3) is 11.3 Å². The lowest BCUT2D eigenvalue weighted by molar-refractivity contribution is 0.227. The highest BCUT2D eigenvalue weighted by molar-refractivity contribution is 6.47. The maximum absolute atomic E-state index is 14.1. The summed E-state index contributed by atoms with van der Waals surface area (Å²) in [5.74, 6) is 0.281. The number of hydrogen-bond donors (Lipinski definition) is 3. The summed E-state index contributed by atoms with van der Waals surface area (Å²) >= 11 is 0. The van der Waals surface area contributed by atoms with E-state index in [1.165, 1.54) is 12.1 Å². The third-order valence-corrected chi connectivity index (χ3v) is 5.46. The number of ether oxygens (including phenoxy) is 1. The van der Waals surface area contributed by atoms with E-state index in [-0.39, 0.29) is 11.5 Å². The predicted molar refractivity (Wildman–Crippen MR) is 120 cm³/mol. The number of anilines is 1. The quantitative estimate of drug-likeness (QED) is 0.547. The fourth-order valence-electron chi connectivity index (χ4n) is 3.96. The van der Waals surface area contributed by atoms with Crippen molar-refractivity contribution in [3.05, 3.63) is 65.2 Å². The van der Waals surface area contributed by atoms with E-state index < -0.39 is 11.9 Å². The highest BCUT2D eigenvalue weighted by Gasteiger charge is 2.24. The number of hydrazone groups is 1. The molecule has 1 aromatic carbocycles. The van der Waals surface area contributed by atoms with Gasteiger partial charge in [-0.15, -0.1) is 0 Å². The van der Waals surface area contributed by atoms with Crippen molar-refractivity contribution in [1.82, 2.24) is 15.0 Å². The van der Waals surface area contributed by atoms with Crippen LogP contribution in [0.2, 0.25) is 0 Å². The molecular weight excluding hydrogens is 395 g/mol. The molecule has 1 aliphatic heterocycles. The van der Waals surface area contributed by atoms with Gasteiger partial charge < -0.3 is 20.5 Å². The fourth-order valence-corrected chi connectivity index (χ4v) is 3.96. The Morgan fingerprint density at radius 2 is 2.16 bits per heavy atom. The van der Waals surface area contributed by atoms with Crippen LogP contribution in [0.3, 0.4) is 0 Å². The number of nitrogen functional groups attached to an aromatic ring is 1. The van der Waals surface area contributed by atoms with Crippen molar-refractivity contribution in [2.24, 2.45) is 5.10 Å². The first kappa shape index (κ1) is 20.6. The summed E-state index contributed by atoms with van der Waals surface area (Å²) in [5.41, 5.74) is 13.6. The highest BCUT2D eigenvalue weighted by Crippen LogP contribution is 2.35. The Hall–Kier alpha value is -3.68. The molecule has 3 heterocycles. The first-order valence-corrected chi connectivity index (χ1v) is 10.2. The van der Waals surface area contributed by atoms with Gasteiger partial charge in [-0.3, -0.25) is 5.41 Å². The monoisotopic (exact) mass is 420 g/mol. The van der Waals surface area contributed by atoms with Crippen molar-refractivity contribution in [1.29, 1.82) is 5.41 Å². The number of nitrogens with zero attached hydrogens (tertiary/aromatic N) is 3. The molecule has 0 spiro atoms. The summed E-state index contributed by atoms with van der Waals surface area (Å²) < 4.78 is 22.4. The van der Waals surface area contributed by atoms with Crippen molar-refractivity contribution in [3.63, 3.8) is 0 Å². The number of rotatable bonds is 2. The van der Waals surface area contributed by atoms with Crippen LogP contribution in [0.4, 0.5) is 10.2 Å². The van der Waals surface area contributed by atoms with Gasteiger partial charge in [-0.1, -0.05) is 0 Å². The van der Waals surface area contributed by atoms with E-state index in [1.807, 2.05) is 18.3 Å². The second-order valence-corrected chi connectivity index (χ2v) is 7.41. The van der Waals surface area contributed by atoms with E-state index >= 15 is 0 Å². The molecule has 8 heteroatoms. The number of nitrogens with two attached hydrogens (primary N) is 1. The zero-order valence-corrected chi connectivity index (χ0v) is 17.7. The minimum atomic E-state index is -0.557. The number of aryl methyl sites for hydroxylation is 1. The molecule has 160 valence electrons. The number of nitrogens with one attached hydrogen (secondary N) is 2. The molecule has 0 fully saturated rings. The maximum atomic E-state index is 14.1. The molecule has 0 saturated carbocycles. The number of aromatic nitrogens is 2. The second-order valence-electron chi connectivity index (χ2n) is 7.41. The average molecular weight is 420 g/mol. The van der Waals surface area contributed by atoms with Crippen LogP contribution in [0, 0.1) is 11.2 Å². The molecule has 0 saturated heterocycles. The molecule has 2 bridgehead atoms. The van der Waals surface area contributed by atoms with Gasteiger partial charge in [-0.25, -0.2) is 9.37 Å². The van der Waals surface area contributed by atoms with Gasteiger partial charge in [0.2, 0.25) is 0 Å². The van der Waals surface area contributed by atoms with Crippen LogP contribution < -0.4 is 15.9 Å². The van der Waals surface area contributed by atoms with Gasteiger partial charge in [-0.05, 0) is 49.7 Å². The van der Waals surface area contributed by atoms with E-state index in [1.54, 1.807) is 26.2 Å². The van der Waals surface area contributed by atoms with Gasteiger partial charge in [0.1, 0.15) is 11.9 Å². The largest absolute Gasteiger partial charge is 0.482 e. The van der Waals surface area contributed by atoms with E-state index in [2.05, 4.69) is 27.0 Å². The van der Waals surface area contributed by atoms with Crippen LogP contribution in [-0.4, -0.2) is 28.0 Å². The van der Waals surface area contributed by atoms with Gasteiger partial charge >= 0.3 is 0 Å². The Morgan fingerprint density at radius 1 is 1.35 bits per heavy atom. The Bertz CT molecular complexity index is 1180. The van der Waals surface area contributed by atoms with Gasteiger partial charge in [-0.2, -0.15) is 5.10 Å². The van der Waals surface area contributed by atoms with E-state index in [4.69, 9.17) is 15.9 Å². The van der Waals surface area contributed by atoms with E-state index in [0.717, 1.165) is 23.4 Å². The summed E-state index contributed by atoms with van der Waals surface area (Å²) in [6, 6.07) is 8.22. The standard InChI is InChI=1S/C23H25FN6O/c1-4-30-8-7-14-9-19(29-27-3)21(25)17-6-5-16(24)11-18(17)13(2)31-20-10-15(22(14)30)12-28-23(20)26/h5-8,10-13,25,27H,4,9H2,1-3H3,(H2,26,28)/b25-21?,29-19-/t13-/m1/s1. The van der Waals surface area contributed by atoms with Crippen LogP contribution in [0.1, 0.15) is 36.6 Å². The lowest BCUT2D eigenvalue weighted by Crippen LogP contribution is -2.23. The molecule has 0 aliphatic carbocycles. The molecule has 31 heavy (non-hydrogen) atoms. The molecule has 4 rings (SSSR count). The first-order chi connectivity index (χ1) is 14.9. The first-order valence-electron chi connectivity index (χ1n) is 10.2. The van der Waals surface area contributed by atoms with Gasteiger partial charge in [0.25, 0.3) is 0 Å². The average Bonchev–Trinajstić information content (AvgIpc) is 3.16. The van der Waals surface area contributed by atoms with Crippen molar-refractivity contribution in [2.75, 3.05) is 12.8 Å². The molecule has 2 aromatic heterocycles. The number of pyridine rings is 1. The molecule has 0 amide bonds. The van der Waals surface area contributed by atoms with Crippen molar-refractivity contribution >= 4 is 17.2 Å². The normalized spacial score (nSPS) is 17.2.